The molecule has 1 aromatic rings. The standard InChI is InChI=1S/C16H22N2O3.ClH/c19-16(13-3-1-2-7-17-13)18-8-6-12-4-5-14-15(11-12)21-10-9-20-14;/h4-5,11,13,17H,1-3,6-10H2,(H,18,19);1H/t13-;/m1./s1. The summed E-state index contributed by atoms with van der Waals surface area (Å²) in [5.74, 6) is 1.73. The molecule has 2 heterocycles. The Kier molecular flexibility index (Phi) is 6.34. The van der Waals surface area contributed by atoms with Crippen LogP contribution in [0.25, 0.3) is 0 Å². The zero-order chi connectivity index (χ0) is 14.5. The molecule has 6 heteroatoms. The lowest BCUT2D eigenvalue weighted by atomic mass is 10.0. The van der Waals surface area contributed by atoms with Crippen LogP contribution in [0.3, 0.4) is 0 Å². The Balaban J connectivity index is 0.00000176. The first-order valence-corrected chi connectivity index (χ1v) is 7.72. The highest BCUT2D eigenvalue weighted by atomic mass is 35.5. The van der Waals surface area contributed by atoms with E-state index in [1.165, 1.54) is 6.42 Å². The third-order valence-corrected chi connectivity index (χ3v) is 3.95. The van der Waals surface area contributed by atoms with Crippen LogP contribution in [0.5, 0.6) is 11.5 Å². The van der Waals surface area contributed by atoms with Gasteiger partial charge in [0.25, 0.3) is 0 Å². The average Bonchev–Trinajstić information content (AvgIpc) is 2.55. The predicted molar refractivity (Wildman–Crippen MR) is 87.0 cm³/mol. The molecule has 2 aliphatic heterocycles. The quantitative estimate of drug-likeness (QED) is 0.884. The molecule has 1 amide bonds. The molecular formula is C16H23ClN2O3. The van der Waals surface area contributed by atoms with E-state index < -0.39 is 0 Å². The summed E-state index contributed by atoms with van der Waals surface area (Å²) in [6.07, 6.45) is 4.04. The second kappa shape index (κ2) is 8.25. The number of halogens is 1. The van der Waals surface area contributed by atoms with E-state index in [0.29, 0.717) is 19.8 Å². The van der Waals surface area contributed by atoms with Gasteiger partial charge in [-0.2, -0.15) is 0 Å². The molecule has 2 N–H and O–H groups in total. The molecule has 1 saturated heterocycles. The largest absolute Gasteiger partial charge is 0.486 e. The Morgan fingerprint density at radius 3 is 2.82 bits per heavy atom. The van der Waals surface area contributed by atoms with Gasteiger partial charge in [0.1, 0.15) is 13.2 Å². The third-order valence-electron chi connectivity index (χ3n) is 3.95. The fourth-order valence-corrected chi connectivity index (χ4v) is 2.77. The second-order valence-corrected chi connectivity index (χ2v) is 5.52. The fourth-order valence-electron chi connectivity index (χ4n) is 2.77. The maximum atomic E-state index is 12.0. The molecule has 2 aliphatic rings. The van der Waals surface area contributed by atoms with E-state index in [1.54, 1.807) is 0 Å². The smallest absolute Gasteiger partial charge is 0.237 e. The summed E-state index contributed by atoms with van der Waals surface area (Å²) < 4.78 is 11.1. The molecule has 3 rings (SSSR count). The van der Waals surface area contributed by atoms with E-state index in [0.717, 1.165) is 42.9 Å². The van der Waals surface area contributed by atoms with Crippen LogP contribution in [0.4, 0.5) is 0 Å². The highest BCUT2D eigenvalue weighted by Gasteiger charge is 2.19. The lowest BCUT2D eigenvalue weighted by molar-refractivity contribution is -0.123. The monoisotopic (exact) mass is 326 g/mol. The van der Waals surface area contributed by atoms with Gasteiger partial charge in [-0.1, -0.05) is 12.5 Å². The minimum atomic E-state index is -0.0148. The molecule has 1 fully saturated rings. The second-order valence-electron chi connectivity index (χ2n) is 5.52. The molecule has 1 atom stereocenters. The predicted octanol–water partition coefficient (Wildman–Crippen LogP) is 1.68. The van der Waals surface area contributed by atoms with Crippen molar-refractivity contribution in [2.45, 2.75) is 31.7 Å². The molecule has 0 unspecified atom stereocenters. The number of hydrogen-bond acceptors (Lipinski definition) is 4. The lowest BCUT2D eigenvalue weighted by Gasteiger charge is -2.22. The van der Waals surface area contributed by atoms with Gasteiger partial charge in [0.15, 0.2) is 11.5 Å². The third kappa shape index (κ3) is 4.27. The molecule has 22 heavy (non-hydrogen) atoms. The van der Waals surface area contributed by atoms with E-state index in [4.69, 9.17) is 9.47 Å². The summed E-state index contributed by atoms with van der Waals surface area (Å²) in [6.45, 7) is 2.80. The number of carbonyl (C=O) groups is 1. The van der Waals surface area contributed by atoms with Crippen LogP contribution in [0.15, 0.2) is 18.2 Å². The highest BCUT2D eigenvalue weighted by Crippen LogP contribution is 2.30. The summed E-state index contributed by atoms with van der Waals surface area (Å²) >= 11 is 0. The summed E-state index contributed by atoms with van der Waals surface area (Å²) in [5.41, 5.74) is 1.15. The summed E-state index contributed by atoms with van der Waals surface area (Å²) in [5, 5.41) is 6.27. The number of ether oxygens (including phenoxy) is 2. The number of fused-ring (bicyclic) bond motifs is 1. The molecule has 5 nitrogen and oxygen atoms in total. The maximum Gasteiger partial charge on any atom is 0.237 e. The average molecular weight is 327 g/mol. The summed E-state index contributed by atoms with van der Waals surface area (Å²) in [6, 6.07) is 5.95. The molecule has 0 bridgehead atoms. The van der Waals surface area contributed by atoms with Gasteiger partial charge in [0, 0.05) is 6.54 Å². The van der Waals surface area contributed by atoms with Crippen molar-refractivity contribution >= 4 is 18.3 Å². The van der Waals surface area contributed by atoms with Crippen LogP contribution in [-0.2, 0) is 11.2 Å². The van der Waals surface area contributed by atoms with E-state index in [1.807, 2.05) is 18.2 Å². The van der Waals surface area contributed by atoms with Gasteiger partial charge in [-0.05, 0) is 43.5 Å². The Morgan fingerprint density at radius 1 is 1.23 bits per heavy atom. The van der Waals surface area contributed by atoms with Gasteiger partial charge in [-0.15, -0.1) is 12.4 Å². The van der Waals surface area contributed by atoms with Gasteiger partial charge in [-0.3, -0.25) is 4.79 Å². The molecule has 1 aromatic carbocycles. The van der Waals surface area contributed by atoms with Gasteiger partial charge in [-0.25, -0.2) is 0 Å². The molecule has 122 valence electrons. The van der Waals surface area contributed by atoms with Crippen LogP contribution < -0.4 is 20.1 Å². The van der Waals surface area contributed by atoms with Crippen molar-refractivity contribution in [2.24, 2.45) is 0 Å². The van der Waals surface area contributed by atoms with Crippen molar-refractivity contribution in [1.82, 2.24) is 10.6 Å². The Bertz CT molecular complexity index is 504. The van der Waals surface area contributed by atoms with Crippen LogP contribution in [0.1, 0.15) is 24.8 Å². The number of amides is 1. The first kappa shape index (κ1) is 16.9. The maximum absolute atomic E-state index is 12.0. The SMILES string of the molecule is Cl.O=C(NCCc1ccc2c(c1)OCCO2)[C@H]1CCCCN1. The van der Waals surface area contributed by atoms with Crippen LogP contribution in [-0.4, -0.2) is 38.3 Å². The van der Waals surface area contributed by atoms with Crippen molar-refractivity contribution in [3.8, 4) is 11.5 Å². The minimum absolute atomic E-state index is 0. The molecule has 0 aromatic heterocycles. The number of benzene rings is 1. The molecular weight excluding hydrogens is 304 g/mol. The van der Waals surface area contributed by atoms with Crippen LogP contribution >= 0.6 is 12.4 Å². The number of carbonyl (C=O) groups excluding carboxylic acids is 1. The van der Waals surface area contributed by atoms with Crippen molar-refractivity contribution < 1.29 is 14.3 Å². The fraction of sp³-hybridized carbons (Fsp3) is 0.562. The van der Waals surface area contributed by atoms with Gasteiger partial charge < -0.3 is 20.1 Å². The van der Waals surface area contributed by atoms with E-state index in [9.17, 15) is 4.79 Å². The van der Waals surface area contributed by atoms with E-state index in [-0.39, 0.29) is 24.4 Å². The number of rotatable bonds is 4. The number of piperidine rings is 1. The van der Waals surface area contributed by atoms with Crippen molar-refractivity contribution in [3.05, 3.63) is 23.8 Å². The zero-order valence-electron chi connectivity index (χ0n) is 12.6. The Morgan fingerprint density at radius 2 is 2.05 bits per heavy atom. The van der Waals surface area contributed by atoms with Crippen LogP contribution in [0.2, 0.25) is 0 Å². The zero-order valence-corrected chi connectivity index (χ0v) is 13.4. The van der Waals surface area contributed by atoms with Gasteiger partial charge >= 0.3 is 0 Å². The first-order valence-electron chi connectivity index (χ1n) is 7.72. The summed E-state index contributed by atoms with van der Waals surface area (Å²) in [4.78, 5) is 12.0. The lowest BCUT2D eigenvalue weighted by Crippen LogP contribution is -2.47. The summed E-state index contributed by atoms with van der Waals surface area (Å²) in [7, 11) is 0. The van der Waals surface area contributed by atoms with Crippen molar-refractivity contribution in [3.63, 3.8) is 0 Å². The van der Waals surface area contributed by atoms with E-state index >= 15 is 0 Å². The molecule has 0 spiro atoms. The Labute approximate surface area is 137 Å². The van der Waals surface area contributed by atoms with Gasteiger partial charge in [0.05, 0.1) is 6.04 Å². The van der Waals surface area contributed by atoms with Crippen molar-refractivity contribution in [2.75, 3.05) is 26.3 Å². The topological polar surface area (TPSA) is 59.6 Å². The number of nitrogens with one attached hydrogen (secondary N) is 2. The van der Waals surface area contributed by atoms with E-state index in [2.05, 4.69) is 10.6 Å². The number of hydrogen-bond donors (Lipinski definition) is 2. The van der Waals surface area contributed by atoms with Crippen molar-refractivity contribution in [1.29, 1.82) is 0 Å². The highest BCUT2D eigenvalue weighted by molar-refractivity contribution is 5.85. The first-order chi connectivity index (χ1) is 10.3. The molecule has 0 aliphatic carbocycles. The minimum Gasteiger partial charge on any atom is -0.486 e. The van der Waals surface area contributed by atoms with Gasteiger partial charge in [0.2, 0.25) is 5.91 Å². The Hall–Kier alpha value is -1.46. The van der Waals surface area contributed by atoms with Crippen LogP contribution in [0, 0.1) is 0 Å². The molecule has 0 radical (unpaired) electrons. The normalized spacial score (nSPS) is 19.9. The molecule has 0 saturated carbocycles.